The van der Waals surface area contributed by atoms with Gasteiger partial charge in [0.1, 0.15) is 10.7 Å². The Balaban J connectivity index is 2.31. The van der Waals surface area contributed by atoms with E-state index < -0.39 is 0 Å². The molecule has 0 spiro atoms. The number of para-hydroxylation sites is 1. The monoisotopic (exact) mass is 279 g/mol. The summed E-state index contributed by atoms with van der Waals surface area (Å²) >= 11 is 1.42. The predicted octanol–water partition coefficient (Wildman–Crippen LogP) is 3.40. The molecule has 0 bridgehead atoms. The molecule has 1 N–H and O–H groups in total. The van der Waals surface area contributed by atoms with Crippen molar-refractivity contribution in [3.63, 3.8) is 0 Å². The summed E-state index contributed by atoms with van der Waals surface area (Å²) in [7, 11) is 0. The fourth-order valence-corrected chi connectivity index (χ4v) is 2.78. The second-order valence-corrected chi connectivity index (χ2v) is 5.02. The maximum atomic E-state index is 11.9. The highest BCUT2D eigenvalue weighted by atomic mass is 32.2. The van der Waals surface area contributed by atoms with Crippen LogP contribution in [0.1, 0.15) is 20.8 Å². The van der Waals surface area contributed by atoms with Gasteiger partial charge in [-0.05, 0) is 32.9 Å². The molecule has 0 saturated heterocycles. The van der Waals surface area contributed by atoms with E-state index >= 15 is 0 Å². The third kappa shape index (κ3) is 2.87. The molecule has 1 heterocycles. The standard InChI is InChI=1S/C14H17NO3S/c1-4-17-10-7-6-8-11-12(10)15-9(3)13(19-11)14(16)18-5-2/h6-8,15H,4-5H2,1-3H3. The first-order valence-electron chi connectivity index (χ1n) is 6.26. The van der Waals surface area contributed by atoms with E-state index in [-0.39, 0.29) is 5.97 Å². The van der Waals surface area contributed by atoms with Crippen LogP contribution in [0.3, 0.4) is 0 Å². The van der Waals surface area contributed by atoms with Crippen molar-refractivity contribution in [1.82, 2.24) is 0 Å². The number of hydrogen-bond acceptors (Lipinski definition) is 5. The molecule has 0 aliphatic carbocycles. The van der Waals surface area contributed by atoms with E-state index in [1.54, 1.807) is 6.92 Å². The van der Waals surface area contributed by atoms with Crippen LogP contribution in [0.4, 0.5) is 5.69 Å². The van der Waals surface area contributed by atoms with Gasteiger partial charge in [0, 0.05) is 10.6 Å². The number of benzene rings is 1. The van der Waals surface area contributed by atoms with Crippen LogP contribution in [-0.4, -0.2) is 19.2 Å². The highest BCUT2D eigenvalue weighted by Gasteiger charge is 2.24. The van der Waals surface area contributed by atoms with Crippen LogP contribution in [-0.2, 0) is 9.53 Å². The Morgan fingerprint density at radius 3 is 2.79 bits per heavy atom. The van der Waals surface area contributed by atoms with Gasteiger partial charge in [-0.2, -0.15) is 0 Å². The third-order valence-corrected chi connectivity index (χ3v) is 3.85. The van der Waals surface area contributed by atoms with Crippen molar-refractivity contribution in [2.24, 2.45) is 0 Å². The third-order valence-electron chi connectivity index (χ3n) is 2.61. The first kappa shape index (κ1) is 13.8. The van der Waals surface area contributed by atoms with Crippen molar-refractivity contribution in [2.75, 3.05) is 18.5 Å². The van der Waals surface area contributed by atoms with E-state index in [2.05, 4.69) is 5.32 Å². The molecule has 1 aromatic carbocycles. The number of hydrogen-bond donors (Lipinski definition) is 1. The van der Waals surface area contributed by atoms with Crippen LogP contribution in [0.5, 0.6) is 5.75 Å². The van der Waals surface area contributed by atoms with Gasteiger partial charge >= 0.3 is 5.97 Å². The van der Waals surface area contributed by atoms with Gasteiger partial charge in [0.15, 0.2) is 0 Å². The number of fused-ring (bicyclic) bond motifs is 1. The Kier molecular flexibility index (Phi) is 4.37. The van der Waals surface area contributed by atoms with Crippen LogP contribution >= 0.6 is 11.8 Å². The Hall–Kier alpha value is -1.62. The zero-order valence-electron chi connectivity index (χ0n) is 11.3. The SMILES string of the molecule is CCOC(=O)C1=C(C)Nc2c(OCC)cccc2S1. The lowest BCUT2D eigenvalue weighted by Crippen LogP contribution is -2.14. The Morgan fingerprint density at radius 1 is 1.32 bits per heavy atom. The molecular formula is C14H17NO3S. The quantitative estimate of drug-likeness (QED) is 0.856. The normalized spacial score (nSPS) is 13.6. The minimum Gasteiger partial charge on any atom is -0.492 e. The molecule has 4 nitrogen and oxygen atoms in total. The molecule has 0 fully saturated rings. The lowest BCUT2D eigenvalue weighted by molar-refractivity contribution is -0.137. The lowest BCUT2D eigenvalue weighted by atomic mass is 10.2. The maximum absolute atomic E-state index is 11.9. The van der Waals surface area contributed by atoms with Crippen LogP contribution in [0, 0.1) is 0 Å². The Bertz CT molecular complexity index is 525. The van der Waals surface area contributed by atoms with Gasteiger partial charge in [0.2, 0.25) is 0 Å². The predicted molar refractivity (Wildman–Crippen MR) is 76.4 cm³/mol. The summed E-state index contributed by atoms with van der Waals surface area (Å²) in [6.45, 7) is 6.60. The number of esters is 1. The average molecular weight is 279 g/mol. The summed E-state index contributed by atoms with van der Waals surface area (Å²) in [5.74, 6) is 0.514. The number of carbonyl (C=O) groups is 1. The summed E-state index contributed by atoms with van der Waals surface area (Å²) < 4.78 is 10.6. The lowest BCUT2D eigenvalue weighted by Gasteiger charge is -2.23. The van der Waals surface area contributed by atoms with E-state index in [0.29, 0.717) is 18.1 Å². The summed E-state index contributed by atoms with van der Waals surface area (Å²) in [6, 6.07) is 5.79. The van der Waals surface area contributed by atoms with Crippen LogP contribution in [0.25, 0.3) is 0 Å². The van der Waals surface area contributed by atoms with Gasteiger partial charge in [0.25, 0.3) is 0 Å². The second kappa shape index (κ2) is 6.02. The summed E-state index contributed by atoms with van der Waals surface area (Å²) in [5, 5.41) is 3.24. The number of anilines is 1. The average Bonchev–Trinajstić information content (AvgIpc) is 2.39. The zero-order valence-corrected chi connectivity index (χ0v) is 12.1. The smallest absolute Gasteiger partial charge is 0.346 e. The molecule has 2 rings (SSSR count). The zero-order chi connectivity index (χ0) is 13.8. The first-order chi connectivity index (χ1) is 9.17. The minimum absolute atomic E-state index is 0.287. The van der Waals surface area contributed by atoms with E-state index in [1.165, 1.54) is 11.8 Å². The number of thioether (sulfide) groups is 1. The van der Waals surface area contributed by atoms with Gasteiger partial charge in [-0.1, -0.05) is 17.8 Å². The summed E-state index contributed by atoms with van der Waals surface area (Å²) in [5.41, 5.74) is 1.71. The molecule has 1 aromatic rings. The van der Waals surface area contributed by atoms with Crippen molar-refractivity contribution < 1.29 is 14.3 Å². The van der Waals surface area contributed by atoms with E-state index in [0.717, 1.165) is 22.0 Å². The van der Waals surface area contributed by atoms with Gasteiger partial charge in [-0.3, -0.25) is 0 Å². The van der Waals surface area contributed by atoms with Gasteiger partial charge in [-0.25, -0.2) is 4.79 Å². The van der Waals surface area contributed by atoms with Crippen molar-refractivity contribution in [3.8, 4) is 5.75 Å². The Morgan fingerprint density at radius 2 is 2.11 bits per heavy atom. The molecule has 0 aromatic heterocycles. The highest BCUT2D eigenvalue weighted by Crippen LogP contribution is 2.44. The number of rotatable bonds is 4. The van der Waals surface area contributed by atoms with Crippen LogP contribution in [0.2, 0.25) is 0 Å². The fraction of sp³-hybridized carbons (Fsp3) is 0.357. The molecule has 0 saturated carbocycles. The number of allylic oxidation sites excluding steroid dienone is 1. The van der Waals surface area contributed by atoms with Gasteiger partial charge in [0.05, 0.1) is 18.9 Å². The maximum Gasteiger partial charge on any atom is 0.346 e. The van der Waals surface area contributed by atoms with Gasteiger partial charge < -0.3 is 14.8 Å². The topological polar surface area (TPSA) is 47.6 Å². The molecule has 0 radical (unpaired) electrons. The largest absolute Gasteiger partial charge is 0.492 e. The first-order valence-corrected chi connectivity index (χ1v) is 7.07. The number of carbonyl (C=O) groups excluding carboxylic acids is 1. The van der Waals surface area contributed by atoms with E-state index in [1.807, 2.05) is 32.0 Å². The minimum atomic E-state index is -0.287. The second-order valence-electron chi connectivity index (χ2n) is 3.96. The highest BCUT2D eigenvalue weighted by molar-refractivity contribution is 8.04. The number of ether oxygens (including phenoxy) is 2. The summed E-state index contributed by atoms with van der Waals surface area (Å²) in [4.78, 5) is 13.4. The molecule has 19 heavy (non-hydrogen) atoms. The summed E-state index contributed by atoms with van der Waals surface area (Å²) in [6.07, 6.45) is 0. The molecule has 0 atom stereocenters. The molecule has 1 aliphatic heterocycles. The van der Waals surface area contributed by atoms with Crippen molar-refractivity contribution >= 4 is 23.4 Å². The van der Waals surface area contributed by atoms with Crippen molar-refractivity contribution in [1.29, 1.82) is 0 Å². The molecule has 102 valence electrons. The van der Waals surface area contributed by atoms with E-state index in [9.17, 15) is 4.79 Å². The van der Waals surface area contributed by atoms with Gasteiger partial charge in [-0.15, -0.1) is 0 Å². The molecule has 0 unspecified atom stereocenters. The molecule has 0 amide bonds. The van der Waals surface area contributed by atoms with Crippen molar-refractivity contribution in [2.45, 2.75) is 25.7 Å². The number of nitrogens with one attached hydrogen (secondary N) is 1. The molecular weight excluding hydrogens is 262 g/mol. The fourth-order valence-electron chi connectivity index (χ4n) is 1.82. The van der Waals surface area contributed by atoms with Crippen LogP contribution in [0.15, 0.2) is 33.7 Å². The van der Waals surface area contributed by atoms with E-state index in [4.69, 9.17) is 9.47 Å². The van der Waals surface area contributed by atoms with Crippen molar-refractivity contribution in [3.05, 3.63) is 28.8 Å². The molecule has 5 heteroatoms. The van der Waals surface area contributed by atoms with Crippen LogP contribution < -0.4 is 10.1 Å². The molecule has 1 aliphatic rings. The Labute approximate surface area is 117 Å².